The van der Waals surface area contributed by atoms with Crippen LogP contribution >= 0.6 is 0 Å². The topological polar surface area (TPSA) is 45.5 Å². The summed E-state index contributed by atoms with van der Waals surface area (Å²) in [4.78, 5) is 14.0. The molecule has 0 radical (unpaired) electrons. The molecular weight excluding hydrogens is 288 g/mol. The number of hydrogen-bond acceptors (Lipinski definition) is 2. The summed E-state index contributed by atoms with van der Waals surface area (Å²) in [5.74, 6) is -0.892. The molecule has 0 fully saturated rings. The zero-order chi connectivity index (χ0) is 16.6. The highest BCUT2D eigenvalue weighted by Crippen LogP contribution is 2.35. The van der Waals surface area contributed by atoms with Crippen molar-refractivity contribution in [3.8, 4) is 11.3 Å². The SMILES string of the molecule is CN(C)Cc1ccccc1-c1c(C(=O)O)c2ccccc2n1C. The Kier molecular flexibility index (Phi) is 3.92. The second-order valence-electron chi connectivity index (χ2n) is 6.00. The Morgan fingerprint density at radius 3 is 2.43 bits per heavy atom. The van der Waals surface area contributed by atoms with Crippen LogP contribution in [-0.2, 0) is 13.6 Å². The van der Waals surface area contributed by atoms with Crippen LogP contribution < -0.4 is 0 Å². The van der Waals surface area contributed by atoms with Crippen molar-refractivity contribution >= 4 is 16.9 Å². The minimum Gasteiger partial charge on any atom is -0.478 e. The number of nitrogens with zero attached hydrogens (tertiary/aromatic N) is 2. The van der Waals surface area contributed by atoms with Gasteiger partial charge in [0, 0.05) is 30.1 Å². The third-order valence-corrected chi connectivity index (χ3v) is 4.08. The van der Waals surface area contributed by atoms with Gasteiger partial charge in [0.25, 0.3) is 0 Å². The summed E-state index contributed by atoms with van der Waals surface area (Å²) in [5.41, 5.74) is 4.15. The first kappa shape index (κ1) is 15.3. The second kappa shape index (κ2) is 5.89. The van der Waals surface area contributed by atoms with Gasteiger partial charge in [-0.1, -0.05) is 42.5 Å². The maximum absolute atomic E-state index is 11.9. The standard InChI is InChI=1S/C19H20N2O2/c1-20(2)12-13-8-4-5-9-14(13)18-17(19(22)23)15-10-6-7-11-16(15)21(18)3/h4-11H,12H2,1-3H3,(H,22,23). The van der Waals surface area contributed by atoms with E-state index in [2.05, 4.69) is 11.0 Å². The molecule has 0 bridgehead atoms. The van der Waals surface area contributed by atoms with Crippen molar-refractivity contribution in [2.45, 2.75) is 6.54 Å². The summed E-state index contributed by atoms with van der Waals surface area (Å²) in [7, 11) is 5.95. The molecule has 0 saturated heterocycles. The Labute approximate surface area is 135 Å². The molecule has 4 heteroatoms. The fraction of sp³-hybridized carbons (Fsp3) is 0.211. The zero-order valence-corrected chi connectivity index (χ0v) is 13.6. The first-order valence-corrected chi connectivity index (χ1v) is 7.54. The summed E-state index contributed by atoms with van der Waals surface area (Å²) in [5, 5.41) is 10.6. The van der Waals surface area contributed by atoms with Crippen LogP contribution in [0.3, 0.4) is 0 Å². The average Bonchev–Trinajstić information content (AvgIpc) is 2.81. The van der Waals surface area contributed by atoms with Crippen LogP contribution in [0.5, 0.6) is 0 Å². The summed E-state index contributed by atoms with van der Waals surface area (Å²) in [6.45, 7) is 0.761. The van der Waals surface area contributed by atoms with Gasteiger partial charge in [0.15, 0.2) is 0 Å². The number of carbonyl (C=O) groups is 1. The number of carboxylic acids is 1. The summed E-state index contributed by atoms with van der Waals surface area (Å²) < 4.78 is 1.98. The lowest BCUT2D eigenvalue weighted by Gasteiger charge is -2.15. The fourth-order valence-corrected chi connectivity index (χ4v) is 3.15. The van der Waals surface area contributed by atoms with Crippen molar-refractivity contribution in [1.82, 2.24) is 9.47 Å². The number of benzene rings is 2. The molecule has 0 spiro atoms. The summed E-state index contributed by atoms with van der Waals surface area (Å²) in [6.07, 6.45) is 0. The van der Waals surface area contributed by atoms with E-state index in [4.69, 9.17) is 0 Å². The molecule has 4 nitrogen and oxygen atoms in total. The van der Waals surface area contributed by atoms with E-state index in [0.29, 0.717) is 5.56 Å². The normalized spacial score (nSPS) is 11.3. The van der Waals surface area contributed by atoms with Gasteiger partial charge in [-0.25, -0.2) is 4.79 Å². The minimum atomic E-state index is -0.892. The lowest BCUT2D eigenvalue weighted by Crippen LogP contribution is -2.12. The Morgan fingerprint density at radius 2 is 1.74 bits per heavy atom. The highest BCUT2D eigenvalue weighted by atomic mass is 16.4. The number of rotatable bonds is 4. The van der Waals surface area contributed by atoms with Gasteiger partial charge in [-0.05, 0) is 25.7 Å². The van der Waals surface area contributed by atoms with Gasteiger partial charge >= 0.3 is 5.97 Å². The molecule has 3 aromatic rings. The lowest BCUT2D eigenvalue weighted by molar-refractivity contribution is 0.0699. The molecule has 1 N–H and O–H groups in total. The quantitative estimate of drug-likeness (QED) is 0.801. The molecule has 0 unspecified atom stereocenters. The smallest absolute Gasteiger partial charge is 0.338 e. The molecule has 0 aliphatic carbocycles. The molecule has 1 aromatic heterocycles. The second-order valence-corrected chi connectivity index (χ2v) is 6.00. The van der Waals surface area contributed by atoms with Gasteiger partial charge < -0.3 is 14.6 Å². The van der Waals surface area contributed by atoms with Crippen molar-refractivity contribution in [2.75, 3.05) is 14.1 Å². The van der Waals surface area contributed by atoms with E-state index in [1.165, 1.54) is 0 Å². The Hall–Kier alpha value is -2.59. The maximum Gasteiger partial charge on any atom is 0.338 e. The molecule has 0 aliphatic heterocycles. The van der Waals surface area contributed by atoms with Crippen LogP contribution in [0.1, 0.15) is 15.9 Å². The number of hydrogen-bond donors (Lipinski definition) is 1. The Morgan fingerprint density at radius 1 is 1.09 bits per heavy atom. The van der Waals surface area contributed by atoms with Crippen molar-refractivity contribution < 1.29 is 9.90 Å². The molecule has 0 atom stereocenters. The van der Waals surface area contributed by atoms with E-state index in [1.54, 1.807) is 0 Å². The molecule has 23 heavy (non-hydrogen) atoms. The van der Waals surface area contributed by atoms with Crippen molar-refractivity contribution in [1.29, 1.82) is 0 Å². The van der Waals surface area contributed by atoms with E-state index in [1.807, 2.05) is 68.2 Å². The molecule has 0 amide bonds. The molecule has 0 saturated carbocycles. The van der Waals surface area contributed by atoms with Crippen molar-refractivity contribution in [3.63, 3.8) is 0 Å². The number of carboxylic acid groups (broad SMARTS) is 1. The maximum atomic E-state index is 11.9. The third kappa shape index (κ3) is 2.62. The molecule has 3 rings (SSSR count). The van der Waals surface area contributed by atoms with Crippen LogP contribution in [0.4, 0.5) is 0 Å². The van der Waals surface area contributed by atoms with Gasteiger partial charge in [-0.15, -0.1) is 0 Å². The van der Waals surface area contributed by atoms with Crippen LogP contribution in [0, 0.1) is 0 Å². The Balaban J connectivity index is 2.35. The number of fused-ring (bicyclic) bond motifs is 1. The summed E-state index contributed by atoms with van der Waals surface area (Å²) in [6, 6.07) is 15.6. The predicted molar refractivity (Wildman–Crippen MR) is 92.7 cm³/mol. The highest BCUT2D eigenvalue weighted by molar-refractivity contribution is 6.10. The number of aromatic carboxylic acids is 1. The predicted octanol–water partition coefficient (Wildman–Crippen LogP) is 3.61. The molecular formula is C19H20N2O2. The van der Waals surface area contributed by atoms with E-state index in [-0.39, 0.29) is 0 Å². The van der Waals surface area contributed by atoms with E-state index in [9.17, 15) is 9.90 Å². The van der Waals surface area contributed by atoms with Crippen LogP contribution in [0.2, 0.25) is 0 Å². The molecule has 118 valence electrons. The van der Waals surface area contributed by atoms with Gasteiger partial charge in [-0.3, -0.25) is 0 Å². The van der Waals surface area contributed by atoms with Crippen LogP contribution in [0.15, 0.2) is 48.5 Å². The lowest BCUT2D eigenvalue weighted by atomic mass is 10.00. The minimum absolute atomic E-state index is 0.370. The van der Waals surface area contributed by atoms with E-state index in [0.717, 1.165) is 34.3 Å². The van der Waals surface area contributed by atoms with Crippen LogP contribution in [-0.4, -0.2) is 34.6 Å². The number of aryl methyl sites for hydroxylation is 1. The summed E-state index contributed by atoms with van der Waals surface area (Å²) >= 11 is 0. The molecule has 0 aliphatic rings. The fourth-order valence-electron chi connectivity index (χ4n) is 3.15. The first-order chi connectivity index (χ1) is 11.0. The molecule has 2 aromatic carbocycles. The highest BCUT2D eigenvalue weighted by Gasteiger charge is 2.23. The Bertz CT molecular complexity index is 878. The van der Waals surface area contributed by atoms with Gasteiger partial charge in [0.2, 0.25) is 0 Å². The van der Waals surface area contributed by atoms with Crippen LogP contribution in [0.25, 0.3) is 22.2 Å². The van der Waals surface area contributed by atoms with Crippen molar-refractivity contribution in [2.24, 2.45) is 7.05 Å². The zero-order valence-electron chi connectivity index (χ0n) is 13.6. The van der Waals surface area contributed by atoms with Gasteiger partial charge in [-0.2, -0.15) is 0 Å². The molecule has 1 heterocycles. The third-order valence-electron chi connectivity index (χ3n) is 4.08. The average molecular weight is 308 g/mol. The monoisotopic (exact) mass is 308 g/mol. The first-order valence-electron chi connectivity index (χ1n) is 7.54. The van der Waals surface area contributed by atoms with E-state index >= 15 is 0 Å². The van der Waals surface area contributed by atoms with E-state index < -0.39 is 5.97 Å². The number of para-hydroxylation sites is 1. The van der Waals surface area contributed by atoms with Gasteiger partial charge in [0.05, 0.1) is 11.3 Å². The number of aromatic nitrogens is 1. The van der Waals surface area contributed by atoms with Gasteiger partial charge in [0.1, 0.15) is 0 Å². The largest absolute Gasteiger partial charge is 0.478 e. The van der Waals surface area contributed by atoms with Crippen molar-refractivity contribution in [3.05, 3.63) is 59.7 Å².